The first kappa shape index (κ1) is 13.3. The zero-order valence-electron chi connectivity index (χ0n) is 12.0. The van der Waals surface area contributed by atoms with E-state index in [0.29, 0.717) is 0 Å². The zero-order valence-corrected chi connectivity index (χ0v) is 12.0. The number of hydrogen-bond acceptors (Lipinski definition) is 4. The van der Waals surface area contributed by atoms with E-state index in [4.69, 9.17) is 4.74 Å². The Kier molecular flexibility index (Phi) is 3.80. The third-order valence-electron chi connectivity index (χ3n) is 3.75. The lowest BCUT2D eigenvalue weighted by molar-refractivity contribution is 0.0335. The molecule has 2 heterocycles. The van der Waals surface area contributed by atoms with Crippen LogP contribution < -0.4 is 0 Å². The van der Waals surface area contributed by atoms with Crippen molar-refractivity contribution in [2.24, 2.45) is 0 Å². The van der Waals surface area contributed by atoms with E-state index in [0.717, 1.165) is 49.9 Å². The van der Waals surface area contributed by atoms with Crippen molar-refractivity contribution in [1.29, 1.82) is 0 Å². The van der Waals surface area contributed by atoms with Crippen molar-refractivity contribution in [3.05, 3.63) is 41.2 Å². The zero-order chi connectivity index (χ0) is 13.9. The minimum Gasteiger partial charge on any atom is -0.379 e. The Balaban J connectivity index is 1.79. The average Bonchev–Trinajstić information content (AvgIpc) is 2.83. The molecule has 3 rings (SSSR count). The van der Waals surface area contributed by atoms with Crippen LogP contribution in [0.5, 0.6) is 0 Å². The van der Waals surface area contributed by atoms with Crippen LogP contribution in [0.1, 0.15) is 17.0 Å². The fourth-order valence-corrected chi connectivity index (χ4v) is 2.41. The van der Waals surface area contributed by atoms with Gasteiger partial charge in [-0.3, -0.25) is 4.90 Å². The number of benzene rings is 1. The van der Waals surface area contributed by atoms with Gasteiger partial charge in [-0.05, 0) is 26.0 Å². The summed E-state index contributed by atoms with van der Waals surface area (Å²) < 4.78 is 7.28. The van der Waals surface area contributed by atoms with Crippen LogP contribution in [-0.2, 0) is 11.3 Å². The monoisotopic (exact) mass is 272 g/mol. The van der Waals surface area contributed by atoms with Crippen LogP contribution in [-0.4, -0.2) is 46.2 Å². The molecule has 1 aromatic carbocycles. The predicted octanol–water partition coefficient (Wildman–Crippen LogP) is 1.72. The van der Waals surface area contributed by atoms with Gasteiger partial charge in [-0.1, -0.05) is 22.9 Å². The first-order valence-electron chi connectivity index (χ1n) is 7.02. The van der Waals surface area contributed by atoms with Crippen LogP contribution >= 0.6 is 0 Å². The van der Waals surface area contributed by atoms with E-state index < -0.39 is 0 Å². The number of ether oxygens (including phenoxy) is 1. The van der Waals surface area contributed by atoms with Crippen molar-refractivity contribution in [2.45, 2.75) is 20.4 Å². The summed E-state index contributed by atoms with van der Waals surface area (Å²) in [4.78, 5) is 2.36. The first-order valence-corrected chi connectivity index (χ1v) is 7.02. The molecule has 1 aromatic heterocycles. The normalized spacial score (nSPS) is 16.5. The quantitative estimate of drug-likeness (QED) is 0.853. The maximum Gasteiger partial charge on any atom is 0.100 e. The summed E-state index contributed by atoms with van der Waals surface area (Å²) in [7, 11) is 0. The van der Waals surface area contributed by atoms with E-state index in [1.54, 1.807) is 0 Å². The molecule has 0 radical (unpaired) electrons. The lowest BCUT2D eigenvalue weighted by atomic mass is 10.2. The first-order chi connectivity index (χ1) is 9.74. The summed E-state index contributed by atoms with van der Waals surface area (Å²) >= 11 is 0. The maximum atomic E-state index is 5.37. The summed E-state index contributed by atoms with van der Waals surface area (Å²) in [6.07, 6.45) is 0. The number of rotatable bonds is 3. The predicted molar refractivity (Wildman–Crippen MR) is 76.9 cm³/mol. The molecule has 0 amide bonds. The van der Waals surface area contributed by atoms with E-state index in [9.17, 15) is 0 Å². The Hall–Kier alpha value is -1.72. The highest BCUT2D eigenvalue weighted by molar-refractivity contribution is 5.35. The Morgan fingerprint density at radius 2 is 1.80 bits per heavy atom. The van der Waals surface area contributed by atoms with E-state index in [-0.39, 0.29) is 0 Å². The van der Waals surface area contributed by atoms with Gasteiger partial charge in [0.15, 0.2) is 0 Å². The van der Waals surface area contributed by atoms with Crippen molar-refractivity contribution in [1.82, 2.24) is 19.9 Å². The maximum absolute atomic E-state index is 5.37. The van der Waals surface area contributed by atoms with Gasteiger partial charge in [0.2, 0.25) is 0 Å². The van der Waals surface area contributed by atoms with Crippen LogP contribution in [0.25, 0.3) is 5.69 Å². The fraction of sp³-hybridized carbons (Fsp3) is 0.467. The number of nitrogens with zero attached hydrogens (tertiary/aromatic N) is 4. The molecule has 0 saturated carbocycles. The molecular weight excluding hydrogens is 252 g/mol. The molecule has 0 unspecified atom stereocenters. The Labute approximate surface area is 119 Å². The lowest BCUT2D eigenvalue weighted by Gasteiger charge is -2.25. The van der Waals surface area contributed by atoms with Gasteiger partial charge in [0.1, 0.15) is 5.69 Å². The minimum absolute atomic E-state index is 0.811. The van der Waals surface area contributed by atoms with Crippen LogP contribution in [0.2, 0.25) is 0 Å². The molecule has 1 saturated heterocycles. The van der Waals surface area contributed by atoms with E-state index in [2.05, 4.69) is 53.3 Å². The van der Waals surface area contributed by atoms with Crippen molar-refractivity contribution in [3.8, 4) is 5.69 Å². The highest BCUT2D eigenvalue weighted by atomic mass is 16.5. The SMILES string of the molecule is Cc1ccc(-n2nnc(CN3CCOCC3)c2C)cc1. The van der Waals surface area contributed by atoms with Gasteiger partial charge in [0.25, 0.3) is 0 Å². The Morgan fingerprint density at radius 3 is 2.50 bits per heavy atom. The van der Waals surface area contributed by atoms with Crippen LogP contribution in [0.4, 0.5) is 0 Å². The third-order valence-corrected chi connectivity index (χ3v) is 3.75. The number of hydrogen-bond donors (Lipinski definition) is 0. The van der Waals surface area contributed by atoms with Gasteiger partial charge in [-0.25, -0.2) is 4.68 Å². The molecule has 0 spiro atoms. The molecule has 20 heavy (non-hydrogen) atoms. The molecule has 106 valence electrons. The molecule has 0 N–H and O–H groups in total. The smallest absolute Gasteiger partial charge is 0.100 e. The van der Waals surface area contributed by atoms with Gasteiger partial charge in [0, 0.05) is 19.6 Å². The highest BCUT2D eigenvalue weighted by Gasteiger charge is 2.16. The van der Waals surface area contributed by atoms with E-state index >= 15 is 0 Å². The molecule has 1 aliphatic rings. The summed E-state index contributed by atoms with van der Waals surface area (Å²) in [5.74, 6) is 0. The van der Waals surface area contributed by atoms with Gasteiger partial charge < -0.3 is 4.74 Å². The molecule has 0 aliphatic carbocycles. The van der Waals surface area contributed by atoms with Gasteiger partial charge in [-0.15, -0.1) is 5.10 Å². The van der Waals surface area contributed by atoms with Crippen LogP contribution in [0.15, 0.2) is 24.3 Å². The topological polar surface area (TPSA) is 43.2 Å². The van der Waals surface area contributed by atoms with Crippen LogP contribution in [0, 0.1) is 13.8 Å². The second kappa shape index (κ2) is 5.73. The molecule has 1 aliphatic heterocycles. The summed E-state index contributed by atoms with van der Waals surface area (Å²) in [6, 6.07) is 8.35. The second-order valence-electron chi connectivity index (χ2n) is 5.26. The van der Waals surface area contributed by atoms with Gasteiger partial charge in [-0.2, -0.15) is 0 Å². The molecule has 2 aromatic rings. The summed E-state index contributed by atoms with van der Waals surface area (Å²) in [6.45, 7) is 8.57. The molecule has 0 atom stereocenters. The Bertz CT molecular complexity index is 570. The van der Waals surface area contributed by atoms with Crippen LogP contribution in [0.3, 0.4) is 0 Å². The summed E-state index contributed by atoms with van der Waals surface area (Å²) in [5, 5.41) is 8.63. The summed E-state index contributed by atoms with van der Waals surface area (Å²) in [5.41, 5.74) is 4.47. The average molecular weight is 272 g/mol. The molecular formula is C15H20N4O. The second-order valence-corrected chi connectivity index (χ2v) is 5.26. The van der Waals surface area contributed by atoms with Crippen molar-refractivity contribution >= 4 is 0 Å². The highest BCUT2D eigenvalue weighted by Crippen LogP contribution is 2.14. The van der Waals surface area contributed by atoms with Crippen molar-refractivity contribution in [3.63, 3.8) is 0 Å². The third kappa shape index (κ3) is 2.73. The van der Waals surface area contributed by atoms with Gasteiger partial charge in [0.05, 0.1) is 24.6 Å². The number of morpholine rings is 1. The number of aryl methyl sites for hydroxylation is 1. The standard InChI is InChI=1S/C15H20N4O/c1-12-3-5-14(6-4-12)19-13(2)15(16-17-19)11-18-7-9-20-10-8-18/h3-6H,7-11H2,1-2H3. The lowest BCUT2D eigenvalue weighted by Crippen LogP contribution is -2.35. The molecule has 5 nitrogen and oxygen atoms in total. The van der Waals surface area contributed by atoms with E-state index in [1.807, 2.05) is 4.68 Å². The van der Waals surface area contributed by atoms with Gasteiger partial charge >= 0.3 is 0 Å². The minimum atomic E-state index is 0.811. The van der Waals surface area contributed by atoms with E-state index in [1.165, 1.54) is 5.56 Å². The molecule has 1 fully saturated rings. The largest absolute Gasteiger partial charge is 0.379 e. The molecule has 5 heteroatoms. The van der Waals surface area contributed by atoms with Crippen molar-refractivity contribution in [2.75, 3.05) is 26.3 Å². The van der Waals surface area contributed by atoms with Crippen molar-refractivity contribution < 1.29 is 4.74 Å². The fourth-order valence-electron chi connectivity index (χ4n) is 2.41. The Morgan fingerprint density at radius 1 is 1.10 bits per heavy atom. The molecule has 0 bridgehead atoms. The number of aromatic nitrogens is 3.